The maximum atomic E-state index is 6.43. The second kappa shape index (κ2) is 14.7. The van der Waals surface area contributed by atoms with E-state index in [1.54, 1.807) is 0 Å². The van der Waals surface area contributed by atoms with Crippen LogP contribution in [-0.2, 0) is 0 Å². The van der Waals surface area contributed by atoms with Crippen LogP contribution >= 0.6 is 0 Å². The van der Waals surface area contributed by atoms with E-state index in [0.29, 0.717) is 17.5 Å². The van der Waals surface area contributed by atoms with E-state index >= 15 is 0 Å². The first-order chi connectivity index (χ1) is 30.7. The summed E-state index contributed by atoms with van der Waals surface area (Å²) < 4.78 is 12.9. The molecule has 0 radical (unpaired) electrons. The molecule has 0 unspecified atom stereocenters. The van der Waals surface area contributed by atoms with Gasteiger partial charge >= 0.3 is 0 Å². The van der Waals surface area contributed by atoms with Gasteiger partial charge in [0, 0.05) is 38.2 Å². The third kappa shape index (κ3) is 6.14. The van der Waals surface area contributed by atoms with Gasteiger partial charge < -0.3 is 8.83 Å². The van der Waals surface area contributed by atoms with E-state index in [9.17, 15) is 0 Å². The highest BCUT2D eigenvalue weighted by Crippen LogP contribution is 2.44. The number of fused-ring (bicyclic) bond motifs is 6. The Bertz CT molecular complexity index is 3590. The van der Waals surface area contributed by atoms with E-state index in [-0.39, 0.29) is 0 Å². The molecule has 5 nitrogen and oxygen atoms in total. The molecule has 0 amide bonds. The fourth-order valence-corrected chi connectivity index (χ4v) is 8.74. The first-order valence-electron chi connectivity index (χ1n) is 20.8. The Morgan fingerprint density at radius 3 is 1.39 bits per heavy atom. The number of hydrogen-bond donors (Lipinski definition) is 0. The van der Waals surface area contributed by atoms with Gasteiger partial charge in [-0.3, -0.25) is 0 Å². The zero-order valence-electron chi connectivity index (χ0n) is 33.4. The van der Waals surface area contributed by atoms with Gasteiger partial charge in [-0.25, -0.2) is 15.0 Å². The first kappa shape index (κ1) is 35.5. The lowest BCUT2D eigenvalue weighted by Crippen LogP contribution is -2.00. The van der Waals surface area contributed by atoms with Gasteiger partial charge in [0.2, 0.25) is 0 Å². The van der Waals surface area contributed by atoms with Gasteiger partial charge in [0.1, 0.15) is 22.3 Å². The van der Waals surface area contributed by atoms with Crippen LogP contribution in [0.1, 0.15) is 0 Å². The molecule has 62 heavy (non-hydrogen) atoms. The Hall–Kier alpha value is -8.41. The van der Waals surface area contributed by atoms with Crippen LogP contribution in [0.5, 0.6) is 0 Å². The molecule has 0 aliphatic carbocycles. The van der Waals surface area contributed by atoms with Crippen molar-refractivity contribution in [1.29, 1.82) is 0 Å². The Morgan fingerprint density at radius 2 is 0.726 bits per heavy atom. The van der Waals surface area contributed by atoms with Crippen LogP contribution in [0.4, 0.5) is 0 Å². The molecule has 3 heterocycles. The van der Waals surface area contributed by atoms with Crippen molar-refractivity contribution in [3.05, 3.63) is 212 Å². The SMILES string of the molecule is c1ccc(-c2ccc(-c3ccc(-c4c(-c5ccc(-c6nc(-c7ccccc7)nc(-c7cccc8c7oc7ccccc78)n6)cc5)ccc5oc6ccccc6c45)cc3)cc2)cc1. The molecule has 0 N–H and O–H groups in total. The van der Waals surface area contributed by atoms with Crippen molar-refractivity contribution >= 4 is 43.9 Å². The van der Waals surface area contributed by atoms with Crippen LogP contribution in [0.25, 0.3) is 123 Å². The number of rotatable bonds is 7. The molecule has 0 saturated heterocycles. The first-order valence-corrected chi connectivity index (χ1v) is 20.8. The summed E-state index contributed by atoms with van der Waals surface area (Å²) in [4.78, 5) is 15.2. The maximum absolute atomic E-state index is 6.43. The highest BCUT2D eigenvalue weighted by atomic mass is 16.3. The highest BCUT2D eigenvalue weighted by molar-refractivity contribution is 6.16. The number of furan rings is 2. The lowest BCUT2D eigenvalue weighted by Gasteiger charge is -2.14. The Morgan fingerprint density at radius 1 is 0.258 bits per heavy atom. The van der Waals surface area contributed by atoms with Crippen LogP contribution in [0.2, 0.25) is 0 Å². The molecule has 12 rings (SSSR count). The third-order valence-electron chi connectivity index (χ3n) is 11.8. The summed E-state index contributed by atoms with van der Waals surface area (Å²) >= 11 is 0. The summed E-state index contributed by atoms with van der Waals surface area (Å²) in [6.45, 7) is 0. The van der Waals surface area contributed by atoms with E-state index in [1.165, 1.54) is 16.7 Å². The molecule has 9 aromatic carbocycles. The maximum Gasteiger partial charge on any atom is 0.167 e. The number of aromatic nitrogens is 3. The predicted molar refractivity (Wildman–Crippen MR) is 252 cm³/mol. The van der Waals surface area contributed by atoms with Gasteiger partial charge in [-0.15, -0.1) is 0 Å². The fraction of sp³-hybridized carbons (Fsp3) is 0. The summed E-state index contributed by atoms with van der Waals surface area (Å²) in [5.74, 6) is 1.73. The Kier molecular flexibility index (Phi) is 8.42. The predicted octanol–water partition coefficient (Wildman–Crippen LogP) is 15.3. The molecular formula is C57H35N3O2. The van der Waals surface area contributed by atoms with Crippen molar-refractivity contribution in [2.75, 3.05) is 0 Å². The van der Waals surface area contributed by atoms with Crippen LogP contribution in [0.3, 0.4) is 0 Å². The summed E-state index contributed by atoms with van der Waals surface area (Å²) in [5, 5.41) is 4.26. The summed E-state index contributed by atoms with van der Waals surface area (Å²) in [6.07, 6.45) is 0. The molecular weight excluding hydrogens is 759 g/mol. The van der Waals surface area contributed by atoms with Gasteiger partial charge in [0.05, 0.1) is 5.56 Å². The minimum Gasteiger partial charge on any atom is -0.456 e. The Labute approximate surface area is 357 Å². The molecule has 0 saturated carbocycles. The molecule has 0 fully saturated rings. The zero-order valence-corrected chi connectivity index (χ0v) is 33.4. The van der Waals surface area contributed by atoms with Gasteiger partial charge in [0.15, 0.2) is 17.5 Å². The Balaban J connectivity index is 0.959. The summed E-state index contributed by atoms with van der Waals surface area (Å²) in [5.41, 5.74) is 15.1. The molecule has 0 spiro atoms. The van der Waals surface area contributed by atoms with E-state index in [2.05, 4.69) is 133 Å². The molecule has 0 aliphatic heterocycles. The summed E-state index contributed by atoms with van der Waals surface area (Å²) in [7, 11) is 0. The normalized spacial score (nSPS) is 11.5. The molecule has 12 aromatic rings. The minimum absolute atomic E-state index is 0.553. The van der Waals surface area contributed by atoms with Crippen molar-refractivity contribution in [3.8, 4) is 78.7 Å². The number of nitrogens with zero attached hydrogens (tertiary/aromatic N) is 3. The average Bonchev–Trinajstić information content (AvgIpc) is 3.93. The van der Waals surface area contributed by atoms with Gasteiger partial charge in [0.25, 0.3) is 0 Å². The molecule has 5 heteroatoms. The van der Waals surface area contributed by atoms with E-state index in [0.717, 1.165) is 88.4 Å². The lowest BCUT2D eigenvalue weighted by atomic mass is 9.89. The van der Waals surface area contributed by atoms with Gasteiger partial charge in [-0.05, 0) is 63.2 Å². The quantitative estimate of drug-likeness (QED) is 0.161. The van der Waals surface area contributed by atoms with Crippen molar-refractivity contribution in [1.82, 2.24) is 15.0 Å². The lowest BCUT2D eigenvalue weighted by molar-refractivity contribution is 0.669. The summed E-state index contributed by atoms with van der Waals surface area (Å²) in [6, 6.07) is 73.6. The zero-order chi connectivity index (χ0) is 41.0. The van der Waals surface area contributed by atoms with E-state index in [1.807, 2.05) is 78.9 Å². The number of para-hydroxylation sites is 3. The van der Waals surface area contributed by atoms with Crippen molar-refractivity contribution < 1.29 is 8.83 Å². The van der Waals surface area contributed by atoms with E-state index in [4.69, 9.17) is 23.8 Å². The molecule has 3 aromatic heterocycles. The van der Waals surface area contributed by atoms with Gasteiger partial charge in [-0.2, -0.15) is 0 Å². The van der Waals surface area contributed by atoms with Gasteiger partial charge in [-0.1, -0.05) is 188 Å². The standard InChI is InChI=1S/C57H35N3O2/c1-3-12-36(13-4-1)37-22-24-38(25-23-37)39-26-30-41(31-27-39)52-44(34-35-51-53(52)47-17-8-10-21-50(47)61-51)40-28-32-43(33-29-40)56-58-55(42-14-5-2-6-15-42)59-57(60-56)48-19-11-18-46-45-16-7-9-20-49(45)62-54(46)48/h1-35H. The highest BCUT2D eigenvalue weighted by Gasteiger charge is 2.20. The fourth-order valence-electron chi connectivity index (χ4n) is 8.74. The molecule has 0 atom stereocenters. The van der Waals surface area contributed by atoms with Crippen molar-refractivity contribution in [2.45, 2.75) is 0 Å². The van der Waals surface area contributed by atoms with Crippen LogP contribution in [0.15, 0.2) is 221 Å². The average molecular weight is 794 g/mol. The molecule has 0 aliphatic rings. The van der Waals surface area contributed by atoms with Crippen LogP contribution in [0, 0.1) is 0 Å². The largest absolute Gasteiger partial charge is 0.456 e. The van der Waals surface area contributed by atoms with Crippen molar-refractivity contribution in [3.63, 3.8) is 0 Å². The second-order valence-electron chi connectivity index (χ2n) is 15.5. The number of benzene rings is 9. The molecule has 0 bridgehead atoms. The monoisotopic (exact) mass is 793 g/mol. The van der Waals surface area contributed by atoms with Crippen molar-refractivity contribution in [2.24, 2.45) is 0 Å². The minimum atomic E-state index is 0.553. The molecule has 290 valence electrons. The third-order valence-corrected chi connectivity index (χ3v) is 11.8. The smallest absolute Gasteiger partial charge is 0.167 e. The van der Waals surface area contributed by atoms with Crippen LogP contribution in [-0.4, -0.2) is 15.0 Å². The van der Waals surface area contributed by atoms with Crippen LogP contribution < -0.4 is 0 Å². The topological polar surface area (TPSA) is 65.0 Å². The number of hydrogen-bond acceptors (Lipinski definition) is 5. The van der Waals surface area contributed by atoms with E-state index < -0.39 is 0 Å². The second-order valence-corrected chi connectivity index (χ2v) is 15.5.